The summed E-state index contributed by atoms with van der Waals surface area (Å²) in [7, 11) is 0. The highest BCUT2D eigenvalue weighted by molar-refractivity contribution is 7.12. The van der Waals surface area contributed by atoms with Crippen LogP contribution in [0.15, 0.2) is 37.6 Å². The fourth-order valence-corrected chi connectivity index (χ4v) is 2.36. The van der Waals surface area contributed by atoms with Gasteiger partial charge in [0.2, 0.25) is 0 Å². The fraction of sp³-hybridized carbons (Fsp3) is 0.214. The summed E-state index contributed by atoms with van der Waals surface area (Å²) in [4.78, 5) is 4.43. The molecule has 2 aromatic rings. The van der Waals surface area contributed by atoms with Gasteiger partial charge >= 0.3 is 0 Å². The lowest BCUT2D eigenvalue weighted by atomic mass is 10.1. The average molecular weight is 257 g/mol. The van der Waals surface area contributed by atoms with E-state index in [0.29, 0.717) is 0 Å². The molecular weight excluding hydrogens is 242 g/mol. The van der Waals surface area contributed by atoms with E-state index < -0.39 is 0 Å². The molecule has 0 aliphatic rings. The van der Waals surface area contributed by atoms with Crippen molar-refractivity contribution in [1.29, 1.82) is 0 Å². The number of aryl methyl sites for hydroxylation is 1. The predicted molar refractivity (Wildman–Crippen MR) is 75.6 cm³/mol. The standard InChI is InChI=1S/C14H15N3S/c1-5-10(3)13-16-17-14(18-13)11(4)12-7-6-9(2)8-15-12/h5-8,11H,1,3H2,2,4H3. The van der Waals surface area contributed by atoms with E-state index >= 15 is 0 Å². The Kier molecular flexibility index (Phi) is 3.67. The molecule has 0 fully saturated rings. The van der Waals surface area contributed by atoms with Gasteiger partial charge in [0.15, 0.2) is 0 Å². The number of nitrogens with zero attached hydrogens (tertiary/aromatic N) is 3. The second-order valence-corrected chi connectivity index (χ2v) is 5.17. The summed E-state index contributed by atoms with van der Waals surface area (Å²) in [5.74, 6) is 0.148. The highest BCUT2D eigenvalue weighted by Crippen LogP contribution is 2.28. The molecule has 18 heavy (non-hydrogen) atoms. The number of pyridine rings is 1. The van der Waals surface area contributed by atoms with Crippen molar-refractivity contribution in [2.75, 3.05) is 0 Å². The van der Waals surface area contributed by atoms with Crippen LogP contribution in [-0.2, 0) is 0 Å². The first-order valence-electron chi connectivity index (χ1n) is 5.69. The molecule has 0 radical (unpaired) electrons. The Morgan fingerprint density at radius 1 is 1.39 bits per heavy atom. The lowest BCUT2D eigenvalue weighted by molar-refractivity contribution is 0.830. The van der Waals surface area contributed by atoms with Gasteiger partial charge in [-0.1, -0.05) is 43.6 Å². The van der Waals surface area contributed by atoms with E-state index in [4.69, 9.17) is 0 Å². The Bertz CT molecular complexity index is 569. The molecule has 4 heteroatoms. The smallest absolute Gasteiger partial charge is 0.147 e. The van der Waals surface area contributed by atoms with Crippen molar-refractivity contribution < 1.29 is 0 Å². The van der Waals surface area contributed by atoms with Gasteiger partial charge in [0.05, 0.1) is 11.6 Å². The van der Waals surface area contributed by atoms with E-state index in [1.54, 1.807) is 6.08 Å². The van der Waals surface area contributed by atoms with Gasteiger partial charge in [0.25, 0.3) is 0 Å². The van der Waals surface area contributed by atoms with Gasteiger partial charge in [-0.25, -0.2) is 0 Å². The first-order valence-corrected chi connectivity index (χ1v) is 6.51. The van der Waals surface area contributed by atoms with Crippen molar-refractivity contribution in [2.45, 2.75) is 19.8 Å². The molecule has 0 saturated heterocycles. The van der Waals surface area contributed by atoms with Crippen LogP contribution in [0, 0.1) is 6.92 Å². The Hall–Kier alpha value is -1.81. The van der Waals surface area contributed by atoms with E-state index in [-0.39, 0.29) is 5.92 Å². The zero-order chi connectivity index (χ0) is 13.1. The van der Waals surface area contributed by atoms with E-state index in [2.05, 4.69) is 41.3 Å². The molecule has 0 aromatic carbocycles. The number of rotatable bonds is 4. The van der Waals surface area contributed by atoms with Crippen LogP contribution in [0.4, 0.5) is 0 Å². The molecule has 92 valence electrons. The SMILES string of the molecule is C=CC(=C)c1nnc(C(C)c2ccc(C)cn2)s1. The lowest BCUT2D eigenvalue weighted by Gasteiger charge is -2.06. The molecule has 2 aromatic heterocycles. The van der Waals surface area contributed by atoms with Crippen LogP contribution < -0.4 is 0 Å². The molecule has 0 aliphatic heterocycles. The summed E-state index contributed by atoms with van der Waals surface area (Å²) in [6.45, 7) is 11.7. The van der Waals surface area contributed by atoms with E-state index in [0.717, 1.165) is 26.8 Å². The second kappa shape index (κ2) is 5.23. The molecule has 1 unspecified atom stereocenters. The van der Waals surface area contributed by atoms with Crippen molar-refractivity contribution in [2.24, 2.45) is 0 Å². The van der Waals surface area contributed by atoms with E-state index in [1.165, 1.54) is 11.3 Å². The highest BCUT2D eigenvalue weighted by Gasteiger charge is 2.15. The van der Waals surface area contributed by atoms with Gasteiger partial charge in [-0.15, -0.1) is 10.2 Å². The minimum atomic E-state index is 0.148. The topological polar surface area (TPSA) is 38.7 Å². The summed E-state index contributed by atoms with van der Waals surface area (Å²) in [6, 6.07) is 4.09. The maximum atomic E-state index is 4.43. The Morgan fingerprint density at radius 2 is 2.17 bits per heavy atom. The number of aromatic nitrogens is 3. The number of hydrogen-bond donors (Lipinski definition) is 0. The van der Waals surface area contributed by atoms with Crippen LogP contribution in [0.25, 0.3) is 5.57 Å². The summed E-state index contributed by atoms with van der Waals surface area (Å²) >= 11 is 1.54. The Morgan fingerprint density at radius 3 is 2.78 bits per heavy atom. The zero-order valence-corrected chi connectivity index (χ0v) is 11.4. The van der Waals surface area contributed by atoms with Gasteiger partial charge in [-0.05, 0) is 18.6 Å². The molecular formula is C14H15N3S. The third kappa shape index (κ3) is 2.54. The van der Waals surface area contributed by atoms with Crippen molar-refractivity contribution in [3.8, 4) is 0 Å². The monoisotopic (exact) mass is 257 g/mol. The molecule has 0 saturated carbocycles. The molecule has 1 atom stereocenters. The molecule has 0 aliphatic carbocycles. The van der Waals surface area contributed by atoms with Gasteiger partial charge in [0.1, 0.15) is 10.0 Å². The fourth-order valence-electron chi connectivity index (χ4n) is 1.49. The van der Waals surface area contributed by atoms with Gasteiger partial charge < -0.3 is 0 Å². The first kappa shape index (κ1) is 12.6. The number of allylic oxidation sites excluding steroid dienone is 2. The molecule has 3 nitrogen and oxygen atoms in total. The predicted octanol–water partition coefficient (Wildman–Crippen LogP) is 3.59. The van der Waals surface area contributed by atoms with Crippen molar-refractivity contribution in [3.05, 3.63) is 58.8 Å². The maximum Gasteiger partial charge on any atom is 0.147 e. The zero-order valence-electron chi connectivity index (χ0n) is 10.6. The first-order chi connectivity index (χ1) is 8.61. The third-order valence-electron chi connectivity index (χ3n) is 2.71. The molecule has 2 heterocycles. The second-order valence-electron chi connectivity index (χ2n) is 4.16. The lowest BCUT2D eigenvalue weighted by Crippen LogP contribution is -1.98. The van der Waals surface area contributed by atoms with Gasteiger partial charge in [0, 0.05) is 11.8 Å². The summed E-state index contributed by atoms with van der Waals surface area (Å²) < 4.78 is 0. The molecule has 0 N–H and O–H groups in total. The third-order valence-corrected chi connectivity index (χ3v) is 3.89. The van der Waals surface area contributed by atoms with Gasteiger partial charge in [-0.3, -0.25) is 4.98 Å². The molecule has 0 amide bonds. The molecule has 0 bridgehead atoms. The molecule has 2 rings (SSSR count). The van der Waals surface area contributed by atoms with Crippen LogP contribution in [0.5, 0.6) is 0 Å². The maximum absolute atomic E-state index is 4.43. The van der Waals surface area contributed by atoms with Crippen molar-refractivity contribution >= 4 is 16.9 Å². The van der Waals surface area contributed by atoms with Crippen LogP contribution in [0.1, 0.15) is 34.1 Å². The summed E-state index contributed by atoms with van der Waals surface area (Å²) in [5.41, 5.74) is 2.97. The van der Waals surface area contributed by atoms with Crippen molar-refractivity contribution in [3.63, 3.8) is 0 Å². The highest BCUT2D eigenvalue weighted by atomic mass is 32.1. The summed E-state index contributed by atoms with van der Waals surface area (Å²) in [5, 5.41) is 10.1. The largest absolute Gasteiger partial charge is 0.260 e. The Labute approximate surface area is 111 Å². The minimum Gasteiger partial charge on any atom is -0.260 e. The van der Waals surface area contributed by atoms with Crippen LogP contribution >= 0.6 is 11.3 Å². The molecule has 0 spiro atoms. The minimum absolute atomic E-state index is 0.148. The van der Waals surface area contributed by atoms with E-state index in [9.17, 15) is 0 Å². The Balaban J connectivity index is 2.26. The van der Waals surface area contributed by atoms with Crippen LogP contribution in [0.3, 0.4) is 0 Å². The van der Waals surface area contributed by atoms with Gasteiger partial charge in [-0.2, -0.15) is 0 Å². The number of hydrogen-bond acceptors (Lipinski definition) is 4. The normalized spacial score (nSPS) is 12.1. The van der Waals surface area contributed by atoms with Crippen molar-refractivity contribution in [1.82, 2.24) is 15.2 Å². The average Bonchev–Trinajstić information content (AvgIpc) is 2.87. The summed E-state index contributed by atoms with van der Waals surface area (Å²) in [6.07, 6.45) is 3.57. The van der Waals surface area contributed by atoms with Crippen LogP contribution in [0.2, 0.25) is 0 Å². The quantitative estimate of drug-likeness (QED) is 0.786. The van der Waals surface area contributed by atoms with Crippen LogP contribution in [-0.4, -0.2) is 15.2 Å². The van der Waals surface area contributed by atoms with E-state index in [1.807, 2.05) is 19.2 Å².